The molecule has 0 aliphatic carbocycles. The monoisotopic (exact) mass is 270 g/mol. The molecule has 2 aromatic rings. The Balaban J connectivity index is 2.10. The zero-order chi connectivity index (χ0) is 14.4. The number of hydrogen-bond acceptors (Lipinski definition) is 1. The minimum atomic E-state index is -0.275. The molecule has 1 nitrogen and oxygen atoms in total. The number of unbranched alkanes of at least 4 members (excludes halogenated alkanes) is 3. The number of Topliss-reactive ketones (excluding diaryl/α,β-unsaturated/α-hetero) is 1. The molecule has 2 heteroatoms. The number of carbonyl (C=O) groups is 1. The van der Waals surface area contributed by atoms with E-state index in [0.717, 1.165) is 25.7 Å². The molecule has 0 saturated heterocycles. The Kier molecular flexibility index (Phi) is 5.05. The van der Waals surface area contributed by atoms with E-state index < -0.39 is 0 Å². The number of ketones is 1. The Bertz CT molecular complexity index is 616. The first kappa shape index (κ1) is 14.4. The van der Waals surface area contributed by atoms with Gasteiger partial charge in [0.15, 0.2) is 5.78 Å². The van der Waals surface area contributed by atoms with Crippen LogP contribution in [-0.2, 0) is 0 Å². The van der Waals surface area contributed by atoms with Crippen LogP contribution in [0.1, 0.15) is 42.5 Å². The fourth-order valence-electron chi connectivity index (χ4n) is 2.39. The lowest BCUT2D eigenvalue weighted by Crippen LogP contribution is -2.00. The second kappa shape index (κ2) is 6.99. The van der Waals surface area contributed by atoms with Gasteiger partial charge in [0.05, 0.1) is 0 Å². The zero-order valence-electron chi connectivity index (χ0n) is 11.6. The van der Waals surface area contributed by atoms with Gasteiger partial charge < -0.3 is 0 Å². The Morgan fingerprint density at radius 1 is 1.05 bits per heavy atom. The summed E-state index contributed by atoms with van der Waals surface area (Å²) in [6.07, 6.45) is 6.38. The average molecular weight is 270 g/mol. The van der Waals surface area contributed by atoms with E-state index in [9.17, 15) is 9.18 Å². The normalized spacial score (nSPS) is 10.7. The van der Waals surface area contributed by atoms with Crippen LogP contribution in [0.15, 0.2) is 49.1 Å². The molecule has 0 bridgehead atoms. The molecule has 0 heterocycles. The molecule has 0 radical (unpaired) electrons. The van der Waals surface area contributed by atoms with Crippen molar-refractivity contribution >= 4 is 16.6 Å². The van der Waals surface area contributed by atoms with Crippen molar-refractivity contribution in [2.45, 2.75) is 32.1 Å². The number of allylic oxidation sites excluding steroid dienone is 1. The van der Waals surface area contributed by atoms with Crippen molar-refractivity contribution in [2.24, 2.45) is 0 Å². The molecular weight excluding hydrogens is 251 g/mol. The van der Waals surface area contributed by atoms with E-state index in [4.69, 9.17) is 0 Å². The quantitative estimate of drug-likeness (QED) is 0.379. The molecule has 2 aromatic carbocycles. The topological polar surface area (TPSA) is 17.1 Å². The molecule has 0 atom stereocenters. The zero-order valence-corrected chi connectivity index (χ0v) is 11.6. The van der Waals surface area contributed by atoms with Crippen molar-refractivity contribution in [3.63, 3.8) is 0 Å². The maximum absolute atomic E-state index is 13.7. The van der Waals surface area contributed by atoms with E-state index in [-0.39, 0.29) is 11.6 Å². The first-order valence-corrected chi connectivity index (χ1v) is 7.05. The van der Waals surface area contributed by atoms with Gasteiger partial charge in [-0.3, -0.25) is 4.79 Å². The smallest absolute Gasteiger partial charge is 0.163 e. The lowest BCUT2D eigenvalue weighted by molar-refractivity contribution is 0.0981. The fraction of sp³-hybridized carbons (Fsp3) is 0.278. The van der Waals surface area contributed by atoms with Crippen LogP contribution in [-0.4, -0.2) is 5.78 Å². The standard InChI is InChI=1S/C18H19FO/c1-2-3-4-5-6-11-18(20)16-12-13-17(19)15-10-8-7-9-14(15)16/h2,7-10,12-13H,1,3-6,11H2. The van der Waals surface area contributed by atoms with E-state index >= 15 is 0 Å². The summed E-state index contributed by atoms with van der Waals surface area (Å²) in [6.45, 7) is 3.68. The van der Waals surface area contributed by atoms with Crippen LogP contribution in [0.3, 0.4) is 0 Å². The summed E-state index contributed by atoms with van der Waals surface area (Å²) in [5.74, 6) is -0.178. The molecule has 0 amide bonds. The van der Waals surface area contributed by atoms with Crippen molar-refractivity contribution in [1.29, 1.82) is 0 Å². The number of benzene rings is 2. The summed E-state index contributed by atoms with van der Waals surface area (Å²) >= 11 is 0. The van der Waals surface area contributed by atoms with E-state index in [1.807, 2.05) is 18.2 Å². The summed E-state index contributed by atoms with van der Waals surface area (Å²) in [7, 11) is 0. The highest BCUT2D eigenvalue weighted by molar-refractivity contribution is 6.08. The van der Waals surface area contributed by atoms with Gasteiger partial charge in [-0.15, -0.1) is 6.58 Å². The van der Waals surface area contributed by atoms with Gasteiger partial charge in [-0.1, -0.05) is 36.8 Å². The maximum Gasteiger partial charge on any atom is 0.163 e. The van der Waals surface area contributed by atoms with E-state index in [1.165, 1.54) is 6.07 Å². The molecule has 0 unspecified atom stereocenters. The molecule has 0 N–H and O–H groups in total. The maximum atomic E-state index is 13.7. The molecule has 0 aliphatic heterocycles. The second-order valence-electron chi connectivity index (χ2n) is 4.95. The summed E-state index contributed by atoms with van der Waals surface area (Å²) in [4.78, 5) is 12.3. The minimum Gasteiger partial charge on any atom is -0.294 e. The van der Waals surface area contributed by atoms with Crippen LogP contribution >= 0.6 is 0 Å². The predicted octanol–water partition coefficient (Wildman–Crippen LogP) is 5.30. The van der Waals surface area contributed by atoms with Crippen LogP contribution in [0, 0.1) is 5.82 Å². The van der Waals surface area contributed by atoms with Gasteiger partial charge in [-0.05, 0) is 36.8 Å². The van der Waals surface area contributed by atoms with Crippen LogP contribution < -0.4 is 0 Å². The minimum absolute atomic E-state index is 0.0970. The van der Waals surface area contributed by atoms with Crippen molar-refractivity contribution in [3.05, 3.63) is 60.4 Å². The van der Waals surface area contributed by atoms with Crippen molar-refractivity contribution in [1.82, 2.24) is 0 Å². The number of halogens is 1. The third kappa shape index (κ3) is 3.32. The van der Waals surface area contributed by atoms with Crippen LogP contribution in [0.5, 0.6) is 0 Å². The van der Waals surface area contributed by atoms with Crippen LogP contribution in [0.2, 0.25) is 0 Å². The van der Waals surface area contributed by atoms with Crippen LogP contribution in [0.25, 0.3) is 10.8 Å². The van der Waals surface area contributed by atoms with Gasteiger partial charge in [0.25, 0.3) is 0 Å². The first-order valence-electron chi connectivity index (χ1n) is 7.05. The molecule has 0 aliphatic rings. The average Bonchev–Trinajstić information content (AvgIpc) is 2.47. The molecule has 104 valence electrons. The van der Waals surface area contributed by atoms with Gasteiger partial charge in [0, 0.05) is 17.4 Å². The highest BCUT2D eigenvalue weighted by atomic mass is 19.1. The van der Waals surface area contributed by atoms with Crippen LogP contribution in [0.4, 0.5) is 4.39 Å². The Morgan fingerprint density at radius 2 is 1.80 bits per heavy atom. The largest absolute Gasteiger partial charge is 0.294 e. The van der Waals surface area contributed by atoms with Crippen molar-refractivity contribution < 1.29 is 9.18 Å². The van der Waals surface area contributed by atoms with E-state index in [0.29, 0.717) is 22.8 Å². The number of rotatable bonds is 7. The summed E-state index contributed by atoms with van der Waals surface area (Å²) in [5, 5.41) is 1.23. The van der Waals surface area contributed by atoms with Gasteiger partial charge >= 0.3 is 0 Å². The first-order chi connectivity index (χ1) is 9.74. The summed E-state index contributed by atoms with van der Waals surface area (Å²) < 4.78 is 13.7. The Hall–Kier alpha value is -1.96. The number of carbonyl (C=O) groups excluding carboxylic acids is 1. The predicted molar refractivity (Wildman–Crippen MR) is 81.5 cm³/mol. The van der Waals surface area contributed by atoms with Gasteiger partial charge in [-0.2, -0.15) is 0 Å². The molecule has 0 spiro atoms. The molecule has 0 aromatic heterocycles. The summed E-state index contributed by atoms with van der Waals surface area (Å²) in [5.41, 5.74) is 0.630. The Labute approximate surface area is 119 Å². The second-order valence-corrected chi connectivity index (χ2v) is 4.95. The van der Waals surface area contributed by atoms with Crippen molar-refractivity contribution in [3.8, 4) is 0 Å². The van der Waals surface area contributed by atoms with Gasteiger partial charge in [0.2, 0.25) is 0 Å². The third-order valence-electron chi connectivity index (χ3n) is 3.48. The number of hydrogen-bond donors (Lipinski definition) is 0. The number of fused-ring (bicyclic) bond motifs is 1. The highest BCUT2D eigenvalue weighted by Gasteiger charge is 2.11. The van der Waals surface area contributed by atoms with Gasteiger partial charge in [0.1, 0.15) is 5.82 Å². The molecular formula is C18H19FO. The highest BCUT2D eigenvalue weighted by Crippen LogP contribution is 2.23. The molecule has 0 fully saturated rings. The SMILES string of the molecule is C=CCCCCCC(=O)c1ccc(F)c2ccccc12. The van der Waals surface area contributed by atoms with Crippen molar-refractivity contribution in [2.75, 3.05) is 0 Å². The van der Waals surface area contributed by atoms with E-state index in [2.05, 4.69) is 6.58 Å². The lowest BCUT2D eigenvalue weighted by atomic mass is 9.98. The fourth-order valence-corrected chi connectivity index (χ4v) is 2.39. The Morgan fingerprint density at radius 3 is 2.55 bits per heavy atom. The van der Waals surface area contributed by atoms with E-state index in [1.54, 1.807) is 18.2 Å². The molecule has 20 heavy (non-hydrogen) atoms. The lowest BCUT2D eigenvalue weighted by Gasteiger charge is -2.06. The van der Waals surface area contributed by atoms with Gasteiger partial charge in [-0.25, -0.2) is 4.39 Å². The third-order valence-corrected chi connectivity index (χ3v) is 3.48. The molecule has 2 rings (SSSR count). The summed E-state index contributed by atoms with van der Waals surface area (Å²) in [6, 6.07) is 10.1. The molecule has 0 saturated carbocycles.